The van der Waals surface area contributed by atoms with Gasteiger partial charge in [0.15, 0.2) is 0 Å². The summed E-state index contributed by atoms with van der Waals surface area (Å²) in [7, 11) is 0. The summed E-state index contributed by atoms with van der Waals surface area (Å²) in [6, 6.07) is 7.54. The van der Waals surface area contributed by atoms with Gasteiger partial charge in [0.2, 0.25) is 0 Å². The van der Waals surface area contributed by atoms with Crippen molar-refractivity contribution in [1.82, 2.24) is 4.90 Å². The zero-order valence-electron chi connectivity index (χ0n) is 14.2. The van der Waals surface area contributed by atoms with Crippen LogP contribution in [0.15, 0.2) is 29.2 Å². The zero-order valence-corrected chi connectivity index (χ0v) is 15.9. The van der Waals surface area contributed by atoms with E-state index >= 15 is 0 Å². The first-order chi connectivity index (χ1) is 11.9. The molecule has 1 aromatic rings. The lowest BCUT2D eigenvalue weighted by Crippen LogP contribution is -2.29. The third-order valence-electron chi connectivity index (χ3n) is 3.41. The van der Waals surface area contributed by atoms with E-state index in [1.165, 1.54) is 16.7 Å². The highest BCUT2D eigenvalue weighted by molar-refractivity contribution is 8.26. The van der Waals surface area contributed by atoms with Gasteiger partial charge in [0.05, 0.1) is 11.5 Å². The van der Waals surface area contributed by atoms with Crippen LogP contribution in [-0.4, -0.2) is 39.4 Å². The highest BCUT2D eigenvalue weighted by Gasteiger charge is 2.31. The number of carbonyl (C=O) groups excluding carboxylic acids is 1. The molecule has 0 unspecified atom stereocenters. The summed E-state index contributed by atoms with van der Waals surface area (Å²) in [5.41, 5.74) is 0.892. The second-order valence-electron chi connectivity index (χ2n) is 6.10. The van der Waals surface area contributed by atoms with Gasteiger partial charge in [0, 0.05) is 13.0 Å². The molecule has 0 spiro atoms. The van der Waals surface area contributed by atoms with Crippen molar-refractivity contribution in [3.05, 3.63) is 34.7 Å². The summed E-state index contributed by atoms with van der Waals surface area (Å²) < 4.78 is 6.11. The highest BCUT2D eigenvalue weighted by atomic mass is 32.2. The molecule has 7 heteroatoms. The number of nitrogens with zero attached hydrogens (tertiary/aromatic N) is 1. The normalized spacial score (nSPS) is 16.1. The fraction of sp³-hybridized carbons (Fsp3) is 0.389. The number of ether oxygens (including phenoxy) is 1. The van der Waals surface area contributed by atoms with Gasteiger partial charge < -0.3 is 9.84 Å². The maximum Gasteiger partial charge on any atom is 0.303 e. The Balaban J connectivity index is 1.99. The number of aliphatic carboxylic acids is 1. The van der Waals surface area contributed by atoms with Crippen molar-refractivity contribution in [2.24, 2.45) is 5.92 Å². The molecule has 1 saturated heterocycles. The van der Waals surface area contributed by atoms with Crippen molar-refractivity contribution in [2.75, 3.05) is 13.2 Å². The molecular weight excluding hydrogens is 358 g/mol. The molecule has 1 aliphatic rings. The van der Waals surface area contributed by atoms with Crippen LogP contribution in [0.25, 0.3) is 6.08 Å². The Labute approximate surface area is 157 Å². The Morgan fingerprint density at radius 1 is 1.36 bits per heavy atom. The number of benzene rings is 1. The number of amides is 1. The van der Waals surface area contributed by atoms with Crippen molar-refractivity contribution >= 4 is 46.3 Å². The molecule has 5 nitrogen and oxygen atoms in total. The number of hydrogen-bond donors (Lipinski definition) is 1. The highest BCUT2D eigenvalue weighted by Crippen LogP contribution is 2.32. The summed E-state index contributed by atoms with van der Waals surface area (Å²) in [6.07, 6.45) is 2.20. The number of thioether (sulfide) groups is 1. The molecule has 1 aliphatic heterocycles. The maximum atomic E-state index is 12.4. The van der Waals surface area contributed by atoms with Crippen LogP contribution in [0.2, 0.25) is 0 Å². The first-order valence-corrected chi connectivity index (χ1v) is 9.29. The Kier molecular flexibility index (Phi) is 7.01. The van der Waals surface area contributed by atoms with Gasteiger partial charge in [-0.25, -0.2) is 0 Å². The van der Waals surface area contributed by atoms with Gasteiger partial charge in [0.25, 0.3) is 5.91 Å². The van der Waals surface area contributed by atoms with E-state index in [0.717, 1.165) is 11.3 Å². The number of carboxylic acids is 1. The van der Waals surface area contributed by atoms with Gasteiger partial charge in [-0.1, -0.05) is 50.0 Å². The quantitative estimate of drug-likeness (QED) is 0.548. The Hall–Kier alpha value is -1.86. The predicted molar refractivity (Wildman–Crippen MR) is 104 cm³/mol. The topological polar surface area (TPSA) is 66.8 Å². The molecule has 0 bridgehead atoms. The third kappa shape index (κ3) is 5.86. The third-order valence-corrected chi connectivity index (χ3v) is 4.78. The van der Waals surface area contributed by atoms with E-state index in [0.29, 0.717) is 34.7 Å². The molecule has 0 aliphatic carbocycles. The minimum Gasteiger partial charge on any atom is -0.493 e. The molecule has 0 saturated carbocycles. The van der Waals surface area contributed by atoms with Crippen LogP contribution in [0, 0.1) is 5.92 Å². The van der Waals surface area contributed by atoms with Crippen LogP contribution < -0.4 is 4.74 Å². The van der Waals surface area contributed by atoms with Crippen LogP contribution in [0.1, 0.15) is 32.3 Å². The van der Waals surface area contributed by atoms with Crippen LogP contribution >= 0.6 is 24.0 Å². The van der Waals surface area contributed by atoms with E-state index < -0.39 is 5.97 Å². The molecule has 25 heavy (non-hydrogen) atoms. The van der Waals surface area contributed by atoms with Crippen LogP contribution in [0.4, 0.5) is 0 Å². The zero-order chi connectivity index (χ0) is 18.4. The van der Waals surface area contributed by atoms with E-state index in [1.54, 1.807) is 6.08 Å². The van der Waals surface area contributed by atoms with E-state index in [1.807, 2.05) is 24.3 Å². The van der Waals surface area contributed by atoms with Crippen molar-refractivity contribution in [1.29, 1.82) is 0 Å². The first-order valence-electron chi connectivity index (χ1n) is 8.07. The van der Waals surface area contributed by atoms with Gasteiger partial charge in [0.1, 0.15) is 10.1 Å². The molecule has 1 heterocycles. The second-order valence-corrected chi connectivity index (χ2v) is 7.78. The van der Waals surface area contributed by atoms with Gasteiger partial charge in [-0.3, -0.25) is 14.5 Å². The van der Waals surface area contributed by atoms with E-state index in [9.17, 15) is 9.59 Å². The number of thiocarbonyl (C=S) groups is 1. The molecule has 1 aromatic carbocycles. The van der Waals surface area contributed by atoms with Crippen LogP contribution in [0.3, 0.4) is 0 Å². The molecule has 1 fully saturated rings. The van der Waals surface area contributed by atoms with Crippen molar-refractivity contribution in [3.8, 4) is 5.75 Å². The minimum atomic E-state index is -0.874. The second kappa shape index (κ2) is 9.01. The Morgan fingerprint density at radius 2 is 2.04 bits per heavy atom. The molecular formula is C18H21NO4S2. The molecule has 1 amide bonds. The van der Waals surface area contributed by atoms with E-state index in [-0.39, 0.29) is 12.3 Å². The van der Waals surface area contributed by atoms with Crippen LogP contribution in [0.5, 0.6) is 5.75 Å². The van der Waals surface area contributed by atoms with Crippen LogP contribution in [-0.2, 0) is 9.59 Å². The lowest BCUT2D eigenvalue weighted by molar-refractivity contribution is -0.137. The summed E-state index contributed by atoms with van der Waals surface area (Å²) in [5.74, 6) is 0.218. The largest absolute Gasteiger partial charge is 0.493 e. The predicted octanol–water partition coefficient (Wildman–Crippen LogP) is 3.79. The average Bonchev–Trinajstić information content (AvgIpc) is 2.81. The van der Waals surface area contributed by atoms with Gasteiger partial charge in [-0.15, -0.1) is 0 Å². The molecule has 0 aromatic heterocycles. The smallest absolute Gasteiger partial charge is 0.303 e. The fourth-order valence-electron chi connectivity index (χ4n) is 2.16. The van der Waals surface area contributed by atoms with E-state index in [2.05, 4.69) is 13.8 Å². The van der Waals surface area contributed by atoms with Crippen molar-refractivity contribution < 1.29 is 19.4 Å². The first kappa shape index (κ1) is 19.5. The Bertz CT molecular complexity index is 683. The fourth-order valence-corrected chi connectivity index (χ4v) is 3.46. The van der Waals surface area contributed by atoms with E-state index in [4.69, 9.17) is 22.1 Å². The summed E-state index contributed by atoms with van der Waals surface area (Å²) in [4.78, 5) is 25.0. The minimum absolute atomic E-state index is 0.0218. The SMILES string of the molecule is CC(C)COc1ccc(/C=C2\SC(=S)N(CCCC(=O)O)C2=O)cc1. The average molecular weight is 380 g/mol. The number of rotatable bonds is 8. The van der Waals surface area contributed by atoms with Crippen molar-refractivity contribution in [3.63, 3.8) is 0 Å². The summed E-state index contributed by atoms with van der Waals surface area (Å²) in [5, 5.41) is 8.69. The number of hydrogen-bond acceptors (Lipinski definition) is 5. The molecule has 0 radical (unpaired) electrons. The van der Waals surface area contributed by atoms with Gasteiger partial charge in [-0.2, -0.15) is 0 Å². The molecule has 134 valence electrons. The molecule has 2 rings (SSSR count). The lowest BCUT2D eigenvalue weighted by atomic mass is 10.2. The summed E-state index contributed by atoms with van der Waals surface area (Å²) >= 11 is 6.47. The number of carboxylic acid groups (broad SMARTS) is 1. The van der Waals surface area contributed by atoms with Gasteiger partial charge in [-0.05, 0) is 36.1 Å². The Morgan fingerprint density at radius 3 is 2.64 bits per heavy atom. The standard InChI is InChI=1S/C18H21NO4S2/c1-12(2)11-23-14-7-5-13(6-8-14)10-15-17(22)19(18(24)25-15)9-3-4-16(20)21/h5-8,10,12H,3-4,9,11H2,1-2H3,(H,20,21)/b15-10-. The van der Waals surface area contributed by atoms with Crippen molar-refractivity contribution in [2.45, 2.75) is 26.7 Å². The molecule has 1 N–H and O–H groups in total. The number of carbonyl (C=O) groups is 2. The van der Waals surface area contributed by atoms with Gasteiger partial charge >= 0.3 is 5.97 Å². The maximum absolute atomic E-state index is 12.4. The molecule has 0 atom stereocenters. The lowest BCUT2D eigenvalue weighted by Gasteiger charge is -2.13. The summed E-state index contributed by atoms with van der Waals surface area (Å²) in [6.45, 7) is 5.17. The monoisotopic (exact) mass is 379 g/mol.